The minimum Gasteiger partial charge on any atom is -0.333 e. The van der Waals surface area contributed by atoms with Gasteiger partial charge in [0.25, 0.3) is 5.56 Å². The van der Waals surface area contributed by atoms with Gasteiger partial charge in [-0.15, -0.1) is 0 Å². The number of imidazole rings is 2. The molecule has 158 valence electrons. The summed E-state index contributed by atoms with van der Waals surface area (Å²) in [5.41, 5.74) is 2.65. The first kappa shape index (κ1) is 19.9. The van der Waals surface area contributed by atoms with Crippen LogP contribution in [0.2, 0.25) is 0 Å². The molecule has 29 heavy (non-hydrogen) atoms. The zero-order valence-electron chi connectivity index (χ0n) is 18.1. The zero-order chi connectivity index (χ0) is 20.7. The molecular formula is C21H33N6O2+. The van der Waals surface area contributed by atoms with Crippen LogP contribution in [0.3, 0.4) is 0 Å². The normalized spacial score (nSPS) is 15.7. The summed E-state index contributed by atoms with van der Waals surface area (Å²) in [5.74, 6) is 0.759. The number of aryl methyl sites for hydroxylation is 3. The summed E-state index contributed by atoms with van der Waals surface area (Å²) in [6, 6.07) is 0. The van der Waals surface area contributed by atoms with E-state index in [1.54, 1.807) is 7.05 Å². The Morgan fingerprint density at radius 1 is 1.00 bits per heavy atom. The molecular weight excluding hydrogens is 368 g/mol. The number of unbranched alkanes of at least 4 members (excludes halogenated alkanes) is 1. The minimum absolute atomic E-state index is 0.220. The number of nitrogens with one attached hydrogen (secondary N) is 1. The highest BCUT2D eigenvalue weighted by molar-refractivity contribution is 5.76. The lowest BCUT2D eigenvalue weighted by molar-refractivity contribution is -0.905. The molecule has 4 heterocycles. The fraction of sp³-hybridized carbons (Fsp3) is 0.667. The van der Waals surface area contributed by atoms with Gasteiger partial charge in [0.05, 0.1) is 26.2 Å². The highest BCUT2D eigenvalue weighted by Crippen LogP contribution is 2.21. The molecule has 3 aromatic rings. The van der Waals surface area contributed by atoms with Gasteiger partial charge in [0.2, 0.25) is 5.78 Å². The van der Waals surface area contributed by atoms with E-state index in [0.717, 1.165) is 56.2 Å². The molecule has 0 aliphatic carbocycles. The third kappa shape index (κ3) is 3.23. The van der Waals surface area contributed by atoms with Crippen molar-refractivity contribution in [1.82, 2.24) is 23.1 Å². The fourth-order valence-electron chi connectivity index (χ4n) is 4.67. The third-order valence-corrected chi connectivity index (χ3v) is 6.61. The van der Waals surface area contributed by atoms with E-state index in [1.165, 1.54) is 33.3 Å². The first-order valence-electron chi connectivity index (χ1n) is 11.0. The summed E-state index contributed by atoms with van der Waals surface area (Å²) in [5, 5.41) is 0. The van der Waals surface area contributed by atoms with E-state index < -0.39 is 0 Å². The average Bonchev–Trinajstić information content (AvgIpc) is 3.22. The van der Waals surface area contributed by atoms with Gasteiger partial charge >= 0.3 is 5.69 Å². The van der Waals surface area contributed by atoms with Gasteiger partial charge in [-0.25, -0.2) is 4.79 Å². The molecule has 8 heteroatoms. The summed E-state index contributed by atoms with van der Waals surface area (Å²) in [4.78, 5) is 32.6. The predicted molar refractivity (Wildman–Crippen MR) is 114 cm³/mol. The van der Waals surface area contributed by atoms with Crippen LogP contribution in [0.25, 0.3) is 16.9 Å². The Bertz CT molecular complexity index is 1160. The zero-order valence-corrected chi connectivity index (χ0v) is 18.1. The van der Waals surface area contributed by atoms with Crippen LogP contribution in [0.4, 0.5) is 0 Å². The average molecular weight is 402 g/mol. The number of rotatable bonds is 6. The van der Waals surface area contributed by atoms with Gasteiger partial charge in [-0.2, -0.15) is 4.98 Å². The minimum atomic E-state index is -0.269. The maximum absolute atomic E-state index is 13.4. The first-order valence-corrected chi connectivity index (χ1v) is 11.0. The van der Waals surface area contributed by atoms with Gasteiger partial charge in [-0.1, -0.05) is 13.3 Å². The lowest BCUT2D eigenvalue weighted by Crippen LogP contribution is -3.13. The van der Waals surface area contributed by atoms with Gasteiger partial charge in [0, 0.05) is 25.0 Å². The monoisotopic (exact) mass is 401 g/mol. The van der Waals surface area contributed by atoms with E-state index in [1.807, 2.05) is 11.3 Å². The molecule has 0 bridgehead atoms. The fourth-order valence-corrected chi connectivity index (χ4v) is 4.67. The van der Waals surface area contributed by atoms with E-state index in [4.69, 9.17) is 4.98 Å². The molecule has 0 atom stereocenters. The summed E-state index contributed by atoms with van der Waals surface area (Å²) in [6.07, 6.45) is 5.89. The number of quaternary nitrogens is 1. The lowest BCUT2D eigenvalue weighted by Gasteiger charge is -2.23. The molecule has 0 amide bonds. The summed E-state index contributed by atoms with van der Waals surface area (Å²) < 4.78 is 7.07. The van der Waals surface area contributed by atoms with Crippen molar-refractivity contribution in [2.75, 3.05) is 19.6 Å². The molecule has 8 nitrogen and oxygen atoms in total. The molecule has 1 N–H and O–H groups in total. The number of aromatic nitrogens is 5. The Hall–Kier alpha value is -2.35. The lowest BCUT2D eigenvalue weighted by atomic mass is 10.1. The van der Waals surface area contributed by atoms with Crippen LogP contribution >= 0.6 is 0 Å². The van der Waals surface area contributed by atoms with Crippen molar-refractivity contribution in [2.24, 2.45) is 7.05 Å². The van der Waals surface area contributed by atoms with Crippen LogP contribution in [-0.4, -0.2) is 42.7 Å². The second-order valence-electron chi connectivity index (χ2n) is 8.45. The smallest absolute Gasteiger partial charge is 0.332 e. The molecule has 1 aliphatic rings. The van der Waals surface area contributed by atoms with E-state index in [2.05, 4.69) is 18.4 Å². The molecule has 1 fully saturated rings. The Morgan fingerprint density at radius 2 is 1.72 bits per heavy atom. The third-order valence-electron chi connectivity index (χ3n) is 6.61. The molecule has 1 saturated heterocycles. The van der Waals surface area contributed by atoms with E-state index in [0.29, 0.717) is 17.7 Å². The van der Waals surface area contributed by atoms with Crippen molar-refractivity contribution >= 4 is 16.9 Å². The number of nitrogens with zero attached hydrogens (tertiary/aromatic N) is 5. The van der Waals surface area contributed by atoms with Crippen LogP contribution in [0.1, 0.15) is 50.4 Å². The molecule has 0 radical (unpaired) electrons. The SMILES string of the molecule is CCCCn1c(C)c(C)n2c3c(=O)n(CC[NH+]4CCCCC4)c(=O)n(C)c3nc12. The predicted octanol–water partition coefficient (Wildman–Crippen LogP) is 0.635. The molecule has 0 unspecified atom stereocenters. The molecule has 4 rings (SSSR count). The van der Waals surface area contributed by atoms with Crippen molar-refractivity contribution in [3.63, 3.8) is 0 Å². The first-order chi connectivity index (χ1) is 14.0. The van der Waals surface area contributed by atoms with E-state index in [-0.39, 0.29) is 11.2 Å². The Morgan fingerprint density at radius 3 is 2.41 bits per heavy atom. The highest BCUT2D eigenvalue weighted by Gasteiger charge is 2.23. The number of fused-ring (bicyclic) bond motifs is 3. The van der Waals surface area contributed by atoms with Gasteiger partial charge in [0.1, 0.15) is 0 Å². The van der Waals surface area contributed by atoms with Gasteiger partial charge in [-0.3, -0.25) is 18.3 Å². The maximum Gasteiger partial charge on any atom is 0.332 e. The van der Waals surface area contributed by atoms with E-state index in [9.17, 15) is 9.59 Å². The molecule has 0 aromatic carbocycles. The summed E-state index contributed by atoms with van der Waals surface area (Å²) >= 11 is 0. The summed E-state index contributed by atoms with van der Waals surface area (Å²) in [6.45, 7) is 10.7. The van der Waals surface area contributed by atoms with E-state index >= 15 is 0 Å². The van der Waals surface area contributed by atoms with Crippen molar-refractivity contribution in [3.8, 4) is 0 Å². The van der Waals surface area contributed by atoms with Crippen molar-refractivity contribution in [2.45, 2.75) is 66.0 Å². The van der Waals surface area contributed by atoms with Crippen molar-refractivity contribution in [3.05, 3.63) is 32.2 Å². The second kappa shape index (κ2) is 7.82. The summed E-state index contributed by atoms with van der Waals surface area (Å²) in [7, 11) is 1.72. The molecule has 3 aromatic heterocycles. The molecule has 1 aliphatic heterocycles. The van der Waals surface area contributed by atoms with Crippen LogP contribution in [0.5, 0.6) is 0 Å². The maximum atomic E-state index is 13.4. The standard InChI is InChI=1S/C21H32N6O2/c1-5-6-12-25-15(2)16(3)27-17-18(22-20(25)27)23(4)21(29)26(19(17)28)14-13-24-10-8-7-9-11-24/h5-14H2,1-4H3/p+1. The highest BCUT2D eigenvalue weighted by atomic mass is 16.2. The van der Waals surface area contributed by atoms with Crippen LogP contribution in [-0.2, 0) is 20.1 Å². The number of hydrogen-bond donors (Lipinski definition) is 1. The number of hydrogen-bond acceptors (Lipinski definition) is 3. The Kier molecular flexibility index (Phi) is 5.38. The number of piperidine rings is 1. The Labute approximate surface area is 170 Å². The largest absolute Gasteiger partial charge is 0.333 e. The molecule has 0 spiro atoms. The van der Waals surface area contributed by atoms with Crippen LogP contribution < -0.4 is 16.1 Å². The Balaban J connectivity index is 1.85. The van der Waals surface area contributed by atoms with Crippen LogP contribution in [0, 0.1) is 13.8 Å². The van der Waals surface area contributed by atoms with Crippen LogP contribution in [0.15, 0.2) is 9.59 Å². The topological polar surface area (TPSA) is 70.7 Å². The van der Waals surface area contributed by atoms with Crippen molar-refractivity contribution < 1.29 is 4.90 Å². The number of likely N-dealkylation sites (tertiary alicyclic amines) is 1. The van der Waals surface area contributed by atoms with Gasteiger partial charge < -0.3 is 9.47 Å². The second-order valence-corrected chi connectivity index (χ2v) is 8.45. The molecule has 0 saturated carbocycles. The quantitative estimate of drug-likeness (QED) is 0.659. The van der Waals surface area contributed by atoms with Crippen molar-refractivity contribution in [1.29, 1.82) is 0 Å². The van der Waals surface area contributed by atoms with Gasteiger partial charge in [-0.05, 0) is 39.5 Å². The van der Waals surface area contributed by atoms with Gasteiger partial charge in [0.15, 0.2) is 11.2 Å².